The smallest absolute Gasteiger partial charge is 0.0529 e. The van der Waals surface area contributed by atoms with Crippen LogP contribution in [0.5, 0.6) is 0 Å². The molecule has 1 N–H and O–H groups in total. The van der Waals surface area contributed by atoms with E-state index >= 15 is 0 Å². The number of hydrogen-bond donors (Lipinski definition) is 1. The Kier molecular flexibility index (Phi) is 5.83. The van der Waals surface area contributed by atoms with E-state index in [1.54, 1.807) is 0 Å². The highest BCUT2D eigenvalue weighted by atomic mass is 79.9. The maximum Gasteiger partial charge on any atom is 0.0529 e. The van der Waals surface area contributed by atoms with E-state index in [-0.39, 0.29) is 5.54 Å². The lowest BCUT2D eigenvalue weighted by Gasteiger charge is -2.20. The Labute approximate surface area is 115 Å². The molecule has 0 bridgehead atoms. The van der Waals surface area contributed by atoms with Crippen molar-refractivity contribution in [2.75, 3.05) is 12.3 Å². The van der Waals surface area contributed by atoms with Crippen molar-refractivity contribution in [1.82, 2.24) is 5.32 Å². The predicted octanol–water partition coefficient (Wildman–Crippen LogP) is 3.33. The normalized spacial score (nSPS) is 13.6. The number of halogens is 1. The largest absolute Gasteiger partial charge is 0.312 e. The van der Waals surface area contributed by atoms with Crippen LogP contribution in [0.1, 0.15) is 27.2 Å². The molecule has 0 fully saturated rings. The fourth-order valence-electron chi connectivity index (χ4n) is 1.37. The first-order valence-electron chi connectivity index (χ1n) is 5.77. The van der Waals surface area contributed by atoms with Gasteiger partial charge in [0.2, 0.25) is 0 Å². The molecule has 1 rings (SSSR count). The monoisotopic (exact) mass is 317 g/mol. The van der Waals surface area contributed by atoms with Crippen LogP contribution in [-0.4, -0.2) is 22.0 Å². The van der Waals surface area contributed by atoms with Crippen molar-refractivity contribution in [2.24, 2.45) is 0 Å². The summed E-state index contributed by atoms with van der Waals surface area (Å²) in [6.07, 6.45) is 0.931. The highest BCUT2D eigenvalue weighted by Gasteiger charge is 2.08. The summed E-state index contributed by atoms with van der Waals surface area (Å²) in [4.78, 5) is 0.906. The molecule has 0 aliphatic carbocycles. The number of nitrogens with one attached hydrogen (secondary N) is 1. The van der Waals surface area contributed by atoms with Gasteiger partial charge in [-0.15, -0.1) is 0 Å². The van der Waals surface area contributed by atoms with Crippen molar-refractivity contribution in [3.8, 4) is 0 Å². The van der Waals surface area contributed by atoms with Crippen LogP contribution in [0.15, 0.2) is 33.6 Å². The van der Waals surface area contributed by atoms with Crippen LogP contribution in [-0.2, 0) is 10.8 Å². The Morgan fingerprint density at radius 3 is 2.35 bits per heavy atom. The SMILES string of the molecule is CC(C)(C)NCCCS(=O)c1ccc(Br)cc1. The van der Waals surface area contributed by atoms with Crippen molar-refractivity contribution in [3.05, 3.63) is 28.7 Å². The molecule has 0 saturated carbocycles. The van der Waals surface area contributed by atoms with Gasteiger partial charge in [-0.25, -0.2) is 0 Å². The second kappa shape index (κ2) is 6.66. The summed E-state index contributed by atoms with van der Waals surface area (Å²) in [6.45, 7) is 7.32. The maximum atomic E-state index is 11.9. The molecule has 0 aromatic heterocycles. The zero-order valence-electron chi connectivity index (χ0n) is 10.6. The van der Waals surface area contributed by atoms with Gasteiger partial charge in [0.15, 0.2) is 0 Å². The van der Waals surface area contributed by atoms with E-state index in [9.17, 15) is 4.21 Å². The zero-order valence-corrected chi connectivity index (χ0v) is 13.0. The first-order valence-corrected chi connectivity index (χ1v) is 7.89. The number of rotatable bonds is 5. The van der Waals surface area contributed by atoms with E-state index in [0.29, 0.717) is 5.75 Å². The van der Waals surface area contributed by atoms with Crippen molar-refractivity contribution < 1.29 is 4.21 Å². The molecule has 0 spiro atoms. The van der Waals surface area contributed by atoms with Gasteiger partial charge in [0.25, 0.3) is 0 Å². The molecule has 2 nitrogen and oxygen atoms in total. The topological polar surface area (TPSA) is 29.1 Å². The van der Waals surface area contributed by atoms with Gasteiger partial charge in [-0.1, -0.05) is 15.9 Å². The van der Waals surface area contributed by atoms with E-state index in [4.69, 9.17) is 0 Å². The summed E-state index contributed by atoms with van der Waals surface area (Å²) in [5.74, 6) is 0.713. The number of benzene rings is 1. The minimum atomic E-state index is -0.881. The second-order valence-electron chi connectivity index (χ2n) is 5.03. The standard InChI is InChI=1S/C13H20BrNOS/c1-13(2,3)15-9-4-10-17(16)12-7-5-11(14)6-8-12/h5-8,15H,4,9-10H2,1-3H3. The van der Waals surface area contributed by atoms with E-state index in [1.807, 2.05) is 24.3 Å². The average Bonchev–Trinajstić information content (AvgIpc) is 2.24. The molecule has 0 heterocycles. The van der Waals surface area contributed by atoms with Crippen molar-refractivity contribution in [3.63, 3.8) is 0 Å². The Bertz CT molecular complexity index is 370. The van der Waals surface area contributed by atoms with Crippen LogP contribution in [0.4, 0.5) is 0 Å². The van der Waals surface area contributed by atoms with Crippen LogP contribution in [0.25, 0.3) is 0 Å². The average molecular weight is 318 g/mol. The summed E-state index contributed by atoms with van der Waals surface area (Å²) < 4.78 is 13.0. The molecule has 0 aliphatic heterocycles. The highest BCUT2D eigenvalue weighted by molar-refractivity contribution is 9.10. The van der Waals surface area contributed by atoms with Crippen LogP contribution in [0.2, 0.25) is 0 Å². The van der Waals surface area contributed by atoms with Crippen LogP contribution >= 0.6 is 15.9 Å². The summed E-state index contributed by atoms with van der Waals surface area (Å²) in [6, 6.07) is 7.69. The van der Waals surface area contributed by atoms with E-state index in [0.717, 1.165) is 22.3 Å². The third-order valence-corrected chi connectivity index (χ3v) is 4.22. The molecule has 17 heavy (non-hydrogen) atoms. The van der Waals surface area contributed by atoms with Gasteiger partial charge in [-0.05, 0) is 58.0 Å². The van der Waals surface area contributed by atoms with E-state index < -0.39 is 10.8 Å². The summed E-state index contributed by atoms with van der Waals surface area (Å²) in [5.41, 5.74) is 0.138. The van der Waals surface area contributed by atoms with Gasteiger partial charge in [-0.2, -0.15) is 0 Å². The molecule has 96 valence electrons. The number of hydrogen-bond acceptors (Lipinski definition) is 2. The molecule has 1 aromatic carbocycles. The van der Waals surface area contributed by atoms with Gasteiger partial charge in [0.1, 0.15) is 0 Å². The molecule has 1 unspecified atom stereocenters. The quantitative estimate of drug-likeness (QED) is 0.844. The third-order valence-electron chi connectivity index (χ3n) is 2.24. The first kappa shape index (κ1) is 14.9. The molecule has 1 atom stereocenters. The minimum Gasteiger partial charge on any atom is -0.312 e. The molecule has 4 heteroatoms. The van der Waals surface area contributed by atoms with Gasteiger partial charge in [0.05, 0.1) is 10.8 Å². The van der Waals surface area contributed by atoms with Crippen LogP contribution in [0, 0.1) is 0 Å². The molecule has 1 aromatic rings. The predicted molar refractivity (Wildman–Crippen MR) is 77.8 cm³/mol. The summed E-state index contributed by atoms with van der Waals surface area (Å²) in [5, 5.41) is 3.40. The minimum absolute atomic E-state index is 0.138. The lowest BCUT2D eigenvalue weighted by atomic mass is 10.1. The maximum absolute atomic E-state index is 11.9. The summed E-state index contributed by atoms with van der Waals surface area (Å²) >= 11 is 3.37. The van der Waals surface area contributed by atoms with Crippen LogP contribution in [0.3, 0.4) is 0 Å². The lowest BCUT2D eigenvalue weighted by Crippen LogP contribution is -2.36. The Balaban J connectivity index is 2.33. The van der Waals surface area contributed by atoms with E-state index in [1.165, 1.54) is 0 Å². The fraction of sp³-hybridized carbons (Fsp3) is 0.538. The van der Waals surface area contributed by atoms with Crippen molar-refractivity contribution in [2.45, 2.75) is 37.6 Å². The molecule has 0 aliphatic rings. The van der Waals surface area contributed by atoms with Crippen molar-refractivity contribution >= 4 is 26.7 Å². The second-order valence-corrected chi connectivity index (χ2v) is 7.52. The van der Waals surface area contributed by atoms with Gasteiger partial charge < -0.3 is 5.32 Å². The van der Waals surface area contributed by atoms with Gasteiger partial charge in [0, 0.05) is 20.7 Å². The Morgan fingerprint density at radius 1 is 1.24 bits per heavy atom. The van der Waals surface area contributed by atoms with Crippen molar-refractivity contribution in [1.29, 1.82) is 0 Å². The zero-order chi connectivity index (χ0) is 12.9. The molecule has 0 radical (unpaired) electrons. The van der Waals surface area contributed by atoms with E-state index in [2.05, 4.69) is 42.0 Å². The third kappa shape index (κ3) is 6.34. The van der Waals surface area contributed by atoms with Crippen LogP contribution < -0.4 is 5.32 Å². The Morgan fingerprint density at radius 2 is 1.82 bits per heavy atom. The molecular formula is C13H20BrNOS. The van der Waals surface area contributed by atoms with Gasteiger partial charge >= 0.3 is 0 Å². The van der Waals surface area contributed by atoms with Gasteiger partial charge in [-0.3, -0.25) is 4.21 Å². The molecule has 0 saturated heterocycles. The molecular weight excluding hydrogens is 298 g/mol. The first-order chi connectivity index (χ1) is 7.88. The molecule has 0 amide bonds. The summed E-state index contributed by atoms with van der Waals surface area (Å²) in [7, 11) is -0.881. The fourth-order valence-corrected chi connectivity index (χ4v) is 2.72. The highest BCUT2D eigenvalue weighted by Crippen LogP contribution is 2.13. The Hall–Kier alpha value is -0.190. The lowest BCUT2D eigenvalue weighted by molar-refractivity contribution is 0.427.